The first-order valence-electron chi connectivity index (χ1n) is 28.5. The van der Waals surface area contributed by atoms with Gasteiger partial charge in [0, 0.05) is 0 Å². The molecule has 1 rings (SSSR count). The van der Waals surface area contributed by atoms with Crippen LogP contribution >= 0.6 is 0 Å². The summed E-state index contributed by atoms with van der Waals surface area (Å²) in [5, 5.41) is 65.2. The van der Waals surface area contributed by atoms with Crippen molar-refractivity contribution in [2.75, 3.05) is 13.2 Å². The summed E-state index contributed by atoms with van der Waals surface area (Å²) < 4.78 is 11.2. The van der Waals surface area contributed by atoms with Crippen LogP contribution in [0.4, 0.5) is 0 Å². The highest BCUT2D eigenvalue weighted by atomic mass is 16.7. The summed E-state index contributed by atoms with van der Waals surface area (Å²) in [6, 6.07) is -0.893. The number of rotatable bonds is 49. The second kappa shape index (κ2) is 46.3. The molecule has 0 radical (unpaired) electrons. The Kier molecular flexibility index (Phi) is 44.1. The van der Waals surface area contributed by atoms with E-state index in [0.717, 1.165) is 51.4 Å². The smallest absolute Gasteiger partial charge is 0.249 e. The summed E-state index contributed by atoms with van der Waals surface area (Å²) in [6.07, 6.45) is 45.5. The highest BCUT2D eigenvalue weighted by molar-refractivity contribution is 5.80. The molecule has 0 spiro atoms. The van der Waals surface area contributed by atoms with Gasteiger partial charge in [-0.2, -0.15) is 0 Å². The number of allylic oxidation sites excluding steroid dienone is 2. The van der Waals surface area contributed by atoms with Gasteiger partial charge in [-0.15, -0.1) is 0 Å². The molecule has 1 aliphatic heterocycles. The molecule has 7 N–H and O–H groups in total. The minimum atomic E-state index is -1.60. The zero-order valence-corrected chi connectivity index (χ0v) is 43.1. The monoisotopic (exact) mass is 940 g/mol. The number of amides is 1. The number of nitrogens with one attached hydrogen (secondary N) is 1. The molecular weight excluding hydrogens is 831 g/mol. The summed E-state index contributed by atoms with van der Waals surface area (Å²) in [5.41, 5.74) is 0. The van der Waals surface area contributed by atoms with Crippen molar-refractivity contribution in [1.82, 2.24) is 5.32 Å². The van der Waals surface area contributed by atoms with Crippen molar-refractivity contribution in [3.8, 4) is 0 Å². The Balaban J connectivity index is 2.25. The van der Waals surface area contributed by atoms with Crippen molar-refractivity contribution in [2.45, 2.75) is 326 Å². The summed E-state index contributed by atoms with van der Waals surface area (Å²) in [5.74, 6) is -0.581. The highest BCUT2D eigenvalue weighted by Crippen LogP contribution is 2.23. The number of aliphatic hydroxyl groups excluding tert-OH is 6. The van der Waals surface area contributed by atoms with Crippen molar-refractivity contribution >= 4 is 5.91 Å². The molecule has 0 aromatic rings. The fraction of sp³-hybridized carbons (Fsp3) is 0.946. The van der Waals surface area contributed by atoms with Crippen LogP contribution in [0.25, 0.3) is 0 Å². The molecule has 1 amide bonds. The molecular formula is C56H109NO9. The van der Waals surface area contributed by atoms with Crippen LogP contribution in [0.2, 0.25) is 0 Å². The average molecular weight is 940 g/mol. The van der Waals surface area contributed by atoms with Gasteiger partial charge < -0.3 is 45.4 Å². The normalized spacial score (nSPS) is 20.3. The van der Waals surface area contributed by atoms with Crippen LogP contribution in [-0.4, -0.2) is 98.7 Å². The molecule has 0 saturated carbocycles. The number of ether oxygens (including phenoxy) is 2. The van der Waals surface area contributed by atoms with Gasteiger partial charge >= 0.3 is 0 Å². The number of unbranched alkanes of at least 4 members (excludes halogenated alkanes) is 36. The maximum atomic E-state index is 13.1. The van der Waals surface area contributed by atoms with Gasteiger partial charge in [0.15, 0.2) is 6.29 Å². The van der Waals surface area contributed by atoms with Crippen LogP contribution < -0.4 is 5.32 Å². The maximum Gasteiger partial charge on any atom is 0.249 e. The quantitative estimate of drug-likeness (QED) is 0.0232. The molecule has 10 heteroatoms. The Morgan fingerprint density at radius 3 is 1.23 bits per heavy atom. The van der Waals surface area contributed by atoms with Gasteiger partial charge in [-0.05, 0) is 38.5 Å². The first kappa shape index (κ1) is 62.9. The van der Waals surface area contributed by atoms with Gasteiger partial charge in [-0.25, -0.2) is 0 Å². The molecule has 0 aliphatic carbocycles. The van der Waals surface area contributed by atoms with Gasteiger partial charge in [0.2, 0.25) is 5.91 Å². The Labute approximate surface area is 406 Å². The Morgan fingerprint density at radius 1 is 0.500 bits per heavy atom. The molecule has 392 valence electrons. The van der Waals surface area contributed by atoms with Crippen molar-refractivity contribution in [2.24, 2.45) is 0 Å². The lowest BCUT2D eigenvalue weighted by molar-refractivity contribution is -0.302. The topological polar surface area (TPSA) is 169 Å². The molecule has 1 saturated heterocycles. The molecule has 0 aromatic carbocycles. The van der Waals surface area contributed by atoms with Crippen LogP contribution in [0.15, 0.2) is 12.2 Å². The standard InChI is InChI=1S/C56H109NO9/c1-3-5-7-9-11-13-15-17-19-21-22-23-24-25-26-27-29-31-33-35-37-39-41-43-45-50(60)55(64)57-48(47-65-56-54(63)53(62)52(61)51(46-58)66-56)49(59)44-42-40-38-36-34-32-30-28-20-18-16-14-12-10-8-6-4-2/h25-26,48-54,56,58-63H,3-24,27-47H2,1-2H3,(H,57,64)/b26-25-. The van der Waals surface area contributed by atoms with Crippen molar-refractivity contribution in [3.63, 3.8) is 0 Å². The van der Waals surface area contributed by atoms with Gasteiger partial charge in [-0.3, -0.25) is 4.79 Å². The van der Waals surface area contributed by atoms with Crippen LogP contribution in [-0.2, 0) is 14.3 Å². The summed E-state index contributed by atoms with van der Waals surface area (Å²) in [4.78, 5) is 13.1. The first-order valence-corrected chi connectivity index (χ1v) is 28.5. The fourth-order valence-corrected chi connectivity index (χ4v) is 9.34. The molecule has 1 fully saturated rings. The number of hydrogen-bond acceptors (Lipinski definition) is 9. The van der Waals surface area contributed by atoms with Gasteiger partial charge in [0.25, 0.3) is 0 Å². The van der Waals surface area contributed by atoms with Crippen molar-refractivity contribution in [3.05, 3.63) is 12.2 Å². The lowest BCUT2D eigenvalue weighted by Gasteiger charge is -2.40. The van der Waals surface area contributed by atoms with E-state index in [0.29, 0.717) is 12.8 Å². The Bertz CT molecular complexity index is 1060. The molecule has 0 aromatic heterocycles. The minimum Gasteiger partial charge on any atom is -0.394 e. The fourth-order valence-electron chi connectivity index (χ4n) is 9.34. The molecule has 8 unspecified atom stereocenters. The van der Waals surface area contributed by atoms with Crippen LogP contribution in [0.3, 0.4) is 0 Å². The lowest BCUT2D eigenvalue weighted by atomic mass is 9.99. The predicted molar refractivity (Wildman–Crippen MR) is 273 cm³/mol. The predicted octanol–water partition coefficient (Wildman–Crippen LogP) is 12.6. The Morgan fingerprint density at radius 2 is 0.848 bits per heavy atom. The van der Waals surface area contributed by atoms with Crippen molar-refractivity contribution < 1.29 is 44.9 Å². The maximum absolute atomic E-state index is 13.1. The SMILES string of the molecule is CCCCCCCCCCCCCC/C=C\CCCCCCCCCCC(O)C(=O)NC(COC1OC(CO)C(O)C(O)C1O)C(O)CCCCCCCCCCCCCCCCCCC. The third kappa shape index (κ3) is 35.1. The van der Waals surface area contributed by atoms with Crippen LogP contribution in [0, 0.1) is 0 Å². The van der Waals surface area contributed by atoms with E-state index in [9.17, 15) is 35.4 Å². The van der Waals surface area contributed by atoms with Gasteiger partial charge in [0.05, 0.1) is 25.4 Å². The largest absolute Gasteiger partial charge is 0.394 e. The van der Waals surface area contributed by atoms with Crippen LogP contribution in [0.5, 0.6) is 0 Å². The molecule has 0 bridgehead atoms. The third-order valence-electron chi connectivity index (χ3n) is 14.0. The van der Waals surface area contributed by atoms with E-state index in [1.165, 1.54) is 199 Å². The molecule has 8 atom stereocenters. The second-order valence-corrected chi connectivity index (χ2v) is 20.2. The molecule has 1 aliphatic rings. The van der Waals surface area contributed by atoms with Crippen LogP contribution in [0.1, 0.15) is 277 Å². The summed E-state index contributed by atoms with van der Waals surface area (Å²) in [7, 11) is 0. The lowest BCUT2D eigenvalue weighted by Crippen LogP contribution is -2.60. The number of hydrogen-bond donors (Lipinski definition) is 7. The third-order valence-corrected chi connectivity index (χ3v) is 14.0. The van der Waals surface area contributed by atoms with E-state index >= 15 is 0 Å². The van der Waals surface area contributed by atoms with Gasteiger partial charge in [-0.1, -0.05) is 251 Å². The van der Waals surface area contributed by atoms with E-state index in [2.05, 4.69) is 31.3 Å². The van der Waals surface area contributed by atoms with E-state index in [1.807, 2.05) is 0 Å². The van der Waals surface area contributed by atoms with E-state index in [-0.39, 0.29) is 6.61 Å². The van der Waals surface area contributed by atoms with E-state index < -0.39 is 61.5 Å². The average Bonchev–Trinajstić information content (AvgIpc) is 3.32. The van der Waals surface area contributed by atoms with E-state index in [1.54, 1.807) is 0 Å². The molecule has 1 heterocycles. The first-order chi connectivity index (χ1) is 32.3. The minimum absolute atomic E-state index is 0.253. The second-order valence-electron chi connectivity index (χ2n) is 20.2. The van der Waals surface area contributed by atoms with Crippen molar-refractivity contribution in [1.29, 1.82) is 0 Å². The van der Waals surface area contributed by atoms with E-state index in [4.69, 9.17) is 9.47 Å². The Hall–Kier alpha value is -1.11. The highest BCUT2D eigenvalue weighted by Gasteiger charge is 2.44. The molecule has 10 nitrogen and oxygen atoms in total. The number of carbonyl (C=O) groups excluding carboxylic acids is 1. The van der Waals surface area contributed by atoms with Gasteiger partial charge in [0.1, 0.15) is 30.5 Å². The zero-order valence-electron chi connectivity index (χ0n) is 43.1. The summed E-state index contributed by atoms with van der Waals surface area (Å²) in [6.45, 7) is 3.71. The number of carbonyl (C=O) groups is 1. The number of aliphatic hydroxyl groups is 6. The summed E-state index contributed by atoms with van der Waals surface area (Å²) >= 11 is 0. The molecule has 66 heavy (non-hydrogen) atoms. The zero-order chi connectivity index (χ0) is 48.1.